The molecule has 1 aliphatic heterocycles. The number of likely N-dealkylation sites (tertiary alicyclic amines) is 1. The highest BCUT2D eigenvalue weighted by molar-refractivity contribution is 6.31. The van der Waals surface area contributed by atoms with Gasteiger partial charge in [0, 0.05) is 13.1 Å². The summed E-state index contributed by atoms with van der Waals surface area (Å²) in [4.78, 5) is 6.81. The van der Waals surface area contributed by atoms with Gasteiger partial charge in [-0.05, 0) is 79.6 Å². The van der Waals surface area contributed by atoms with E-state index in [-0.39, 0.29) is 5.02 Å². The van der Waals surface area contributed by atoms with Gasteiger partial charge in [-0.1, -0.05) is 17.7 Å². The zero-order valence-corrected chi connectivity index (χ0v) is 16.2. The Morgan fingerprint density at radius 3 is 2.37 bits per heavy atom. The molecule has 1 heterocycles. The van der Waals surface area contributed by atoms with Gasteiger partial charge in [0.25, 0.3) is 0 Å². The van der Waals surface area contributed by atoms with Crippen LogP contribution >= 0.6 is 11.6 Å². The second-order valence-corrected chi connectivity index (χ2v) is 7.39. The maximum Gasteiger partial charge on any atom is 0.417 e. The van der Waals surface area contributed by atoms with Crippen molar-refractivity contribution in [2.75, 3.05) is 13.1 Å². The van der Waals surface area contributed by atoms with Crippen LogP contribution in [0.5, 0.6) is 0 Å². The van der Waals surface area contributed by atoms with Gasteiger partial charge in [0.15, 0.2) is 0 Å². The molecule has 6 heteroatoms. The summed E-state index contributed by atoms with van der Waals surface area (Å²) in [6, 6.07) is 7.85. The number of nitrogens with zero attached hydrogens (tertiary/aromatic N) is 2. The van der Waals surface area contributed by atoms with Crippen molar-refractivity contribution in [3.63, 3.8) is 0 Å². The summed E-state index contributed by atoms with van der Waals surface area (Å²) < 4.78 is 39.5. The van der Waals surface area contributed by atoms with Crippen LogP contribution < -0.4 is 0 Å². The van der Waals surface area contributed by atoms with Crippen LogP contribution in [0.4, 0.5) is 18.9 Å². The first-order chi connectivity index (χ1) is 12.8. The lowest BCUT2D eigenvalue weighted by molar-refractivity contribution is -0.137. The number of alkyl halides is 3. The van der Waals surface area contributed by atoms with E-state index in [1.54, 1.807) is 6.07 Å². The summed E-state index contributed by atoms with van der Waals surface area (Å²) in [6.45, 7) is 5.85. The molecule has 144 valence electrons. The number of hydrogen-bond acceptors (Lipinski definition) is 1. The van der Waals surface area contributed by atoms with Gasteiger partial charge in [-0.3, -0.25) is 0 Å². The number of halogens is 4. The zero-order valence-electron chi connectivity index (χ0n) is 15.4. The highest BCUT2D eigenvalue weighted by Crippen LogP contribution is 2.38. The number of rotatable bonds is 3. The van der Waals surface area contributed by atoms with Crippen molar-refractivity contribution in [2.24, 2.45) is 4.99 Å². The SMILES string of the molecule is Cc1cc(-c2ccc(Cl)c(C(F)(F)F)c2)c(C)cc1N=CN1CCCCC1. The number of hydrogen-bond donors (Lipinski definition) is 0. The van der Waals surface area contributed by atoms with E-state index in [9.17, 15) is 13.2 Å². The molecule has 0 amide bonds. The third kappa shape index (κ3) is 4.64. The van der Waals surface area contributed by atoms with Crippen LogP contribution in [0.25, 0.3) is 11.1 Å². The first-order valence-electron chi connectivity index (χ1n) is 9.02. The number of aryl methyl sites for hydroxylation is 2. The highest BCUT2D eigenvalue weighted by atomic mass is 35.5. The maximum atomic E-state index is 13.2. The quantitative estimate of drug-likeness (QED) is 0.413. The Morgan fingerprint density at radius 2 is 1.70 bits per heavy atom. The fourth-order valence-electron chi connectivity index (χ4n) is 3.34. The molecular formula is C21H22ClF3N2. The Kier molecular flexibility index (Phi) is 5.80. The second-order valence-electron chi connectivity index (χ2n) is 6.99. The summed E-state index contributed by atoms with van der Waals surface area (Å²) in [7, 11) is 0. The molecule has 0 atom stereocenters. The molecular weight excluding hydrogens is 373 g/mol. The third-order valence-corrected chi connectivity index (χ3v) is 5.21. The Balaban J connectivity index is 1.92. The van der Waals surface area contributed by atoms with Gasteiger partial charge in [-0.2, -0.15) is 13.2 Å². The molecule has 2 aromatic carbocycles. The number of piperidine rings is 1. The lowest BCUT2D eigenvalue weighted by Crippen LogP contribution is -2.28. The van der Waals surface area contributed by atoms with Crippen molar-refractivity contribution < 1.29 is 13.2 Å². The molecule has 2 aromatic rings. The molecule has 1 fully saturated rings. The summed E-state index contributed by atoms with van der Waals surface area (Å²) >= 11 is 5.74. The van der Waals surface area contributed by atoms with Crippen molar-refractivity contribution in [3.05, 3.63) is 52.0 Å². The average Bonchev–Trinajstić information content (AvgIpc) is 2.62. The van der Waals surface area contributed by atoms with Gasteiger partial charge in [0.1, 0.15) is 0 Å². The van der Waals surface area contributed by atoms with Gasteiger partial charge < -0.3 is 4.90 Å². The van der Waals surface area contributed by atoms with E-state index in [0.717, 1.165) is 41.5 Å². The van der Waals surface area contributed by atoms with E-state index in [4.69, 9.17) is 11.6 Å². The largest absolute Gasteiger partial charge is 0.417 e. The predicted octanol–water partition coefficient (Wildman–Crippen LogP) is 6.79. The summed E-state index contributed by atoms with van der Waals surface area (Å²) in [6.07, 6.45) is 1.03. The van der Waals surface area contributed by atoms with Crippen molar-refractivity contribution in [1.82, 2.24) is 4.90 Å². The normalized spacial score (nSPS) is 15.6. The van der Waals surface area contributed by atoms with Crippen LogP contribution in [0.3, 0.4) is 0 Å². The topological polar surface area (TPSA) is 15.6 Å². The minimum Gasteiger partial charge on any atom is -0.363 e. The molecule has 0 bridgehead atoms. The second kappa shape index (κ2) is 7.93. The van der Waals surface area contributed by atoms with Gasteiger partial charge in [0.2, 0.25) is 0 Å². The van der Waals surface area contributed by atoms with Crippen LogP contribution in [-0.4, -0.2) is 24.3 Å². The minimum atomic E-state index is -4.48. The van der Waals surface area contributed by atoms with Gasteiger partial charge in [-0.15, -0.1) is 0 Å². The lowest BCUT2D eigenvalue weighted by Gasteiger charge is -2.24. The minimum absolute atomic E-state index is 0.289. The fraction of sp³-hybridized carbons (Fsp3) is 0.381. The van der Waals surface area contributed by atoms with E-state index >= 15 is 0 Å². The molecule has 0 aromatic heterocycles. The smallest absolute Gasteiger partial charge is 0.363 e. The Bertz CT molecular complexity index is 853. The van der Waals surface area contributed by atoms with E-state index in [2.05, 4.69) is 9.89 Å². The maximum absolute atomic E-state index is 13.2. The van der Waals surface area contributed by atoms with E-state index in [1.807, 2.05) is 32.3 Å². The highest BCUT2D eigenvalue weighted by Gasteiger charge is 2.33. The Morgan fingerprint density at radius 1 is 1.00 bits per heavy atom. The van der Waals surface area contributed by atoms with E-state index in [1.165, 1.54) is 25.3 Å². The van der Waals surface area contributed by atoms with Crippen LogP contribution in [0, 0.1) is 13.8 Å². The van der Waals surface area contributed by atoms with Gasteiger partial charge in [0.05, 0.1) is 22.6 Å². The molecule has 1 saturated heterocycles. The van der Waals surface area contributed by atoms with Gasteiger partial charge in [-0.25, -0.2) is 4.99 Å². The van der Waals surface area contributed by atoms with Crippen LogP contribution in [0.1, 0.15) is 36.0 Å². The molecule has 0 unspecified atom stereocenters. The molecule has 2 nitrogen and oxygen atoms in total. The Labute approximate surface area is 162 Å². The molecule has 27 heavy (non-hydrogen) atoms. The number of aliphatic imine (C=N–C) groups is 1. The standard InChI is InChI=1S/C21H22ClF3N2/c1-14-11-20(26-13-27-8-4-3-5-9-27)15(2)10-17(14)16-6-7-19(22)18(12-16)21(23,24)25/h6-7,10-13H,3-5,8-9H2,1-2H3. The van der Waals surface area contributed by atoms with Crippen molar-refractivity contribution in [1.29, 1.82) is 0 Å². The number of benzene rings is 2. The Hall–Kier alpha value is -2.01. The predicted molar refractivity (Wildman–Crippen MR) is 105 cm³/mol. The monoisotopic (exact) mass is 394 g/mol. The fourth-order valence-corrected chi connectivity index (χ4v) is 3.56. The van der Waals surface area contributed by atoms with Crippen LogP contribution in [0.2, 0.25) is 5.02 Å². The molecule has 3 rings (SSSR count). The molecule has 0 N–H and O–H groups in total. The van der Waals surface area contributed by atoms with Crippen LogP contribution in [-0.2, 0) is 6.18 Å². The summed E-state index contributed by atoms with van der Waals surface area (Å²) in [5, 5.41) is -0.289. The zero-order chi connectivity index (χ0) is 19.6. The average molecular weight is 395 g/mol. The van der Waals surface area contributed by atoms with Crippen molar-refractivity contribution >= 4 is 23.6 Å². The first-order valence-corrected chi connectivity index (χ1v) is 9.40. The molecule has 0 spiro atoms. The van der Waals surface area contributed by atoms with Gasteiger partial charge >= 0.3 is 6.18 Å². The summed E-state index contributed by atoms with van der Waals surface area (Å²) in [5.41, 5.74) is 3.08. The lowest BCUT2D eigenvalue weighted by atomic mass is 9.96. The molecule has 0 saturated carbocycles. The molecule has 0 aliphatic carbocycles. The van der Waals surface area contributed by atoms with Crippen LogP contribution in [0.15, 0.2) is 35.3 Å². The van der Waals surface area contributed by atoms with Crippen molar-refractivity contribution in [2.45, 2.75) is 39.3 Å². The first kappa shape index (κ1) is 19.7. The van der Waals surface area contributed by atoms with E-state index < -0.39 is 11.7 Å². The van der Waals surface area contributed by atoms with Crippen molar-refractivity contribution in [3.8, 4) is 11.1 Å². The molecule has 0 radical (unpaired) electrons. The summed E-state index contributed by atoms with van der Waals surface area (Å²) in [5.74, 6) is 0. The van der Waals surface area contributed by atoms with E-state index in [0.29, 0.717) is 5.56 Å². The molecule has 1 aliphatic rings. The third-order valence-electron chi connectivity index (χ3n) is 4.88.